The highest BCUT2D eigenvalue weighted by molar-refractivity contribution is 5.20. The van der Waals surface area contributed by atoms with Crippen molar-refractivity contribution >= 4 is 0 Å². The number of hydrogen-bond acceptors (Lipinski definition) is 4. The van der Waals surface area contributed by atoms with E-state index in [1.54, 1.807) is 12.1 Å². The second-order valence-corrected chi connectivity index (χ2v) is 6.17. The fourth-order valence-electron chi connectivity index (χ4n) is 1.64. The molecule has 2 N–H and O–H groups in total. The Morgan fingerprint density at radius 1 is 1.15 bits per heavy atom. The standard InChI is InChI=1S/C15H20FN3O/c1-14(2,15(3,4)17)13-18-12(19-20-13)9-10-5-7-11(16)8-6-10/h5-8H,9,17H2,1-4H3. The number of nitrogens with zero attached hydrogens (tertiary/aromatic N) is 2. The summed E-state index contributed by atoms with van der Waals surface area (Å²) in [5, 5.41) is 3.98. The average molecular weight is 277 g/mol. The van der Waals surface area contributed by atoms with E-state index in [0.717, 1.165) is 5.56 Å². The molecule has 1 heterocycles. The molecule has 0 spiro atoms. The van der Waals surface area contributed by atoms with Crippen LogP contribution in [0.4, 0.5) is 4.39 Å². The summed E-state index contributed by atoms with van der Waals surface area (Å²) >= 11 is 0. The van der Waals surface area contributed by atoms with Gasteiger partial charge in [0.2, 0.25) is 5.89 Å². The van der Waals surface area contributed by atoms with Crippen LogP contribution in [0.5, 0.6) is 0 Å². The maximum atomic E-state index is 12.9. The van der Waals surface area contributed by atoms with E-state index >= 15 is 0 Å². The number of rotatable bonds is 4. The van der Waals surface area contributed by atoms with E-state index in [1.165, 1.54) is 12.1 Å². The fourth-order valence-corrected chi connectivity index (χ4v) is 1.64. The molecule has 0 unspecified atom stereocenters. The van der Waals surface area contributed by atoms with Crippen molar-refractivity contribution in [3.63, 3.8) is 0 Å². The van der Waals surface area contributed by atoms with Crippen LogP contribution in [0.25, 0.3) is 0 Å². The van der Waals surface area contributed by atoms with Gasteiger partial charge in [0.15, 0.2) is 5.82 Å². The summed E-state index contributed by atoms with van der Waals surface area (Å²) in [5.74, 6) is 0.833. The molecule has 0 aliphatic carbocycles. The van der Waals surface area contributed by atoms with Crippen molar-refractivity contribution in [1.29, 1.82) is 0 Å². The van der Waals surface area contributed by atoms with Crippen molar-refractivity contribution < 1.29 is 8.91 Å². The number of nitrogens with two attached hydrogens (primary N) is 1. The molecular formula is C15H20FN3O. The largest absolute Gasteiger partial charge is 0.339 e. The van der Waals surface area contributed by atoms with Crippen LogP contribution < -0.4 is 5.73 Å². The van der Waals surface area contributed by atoms with Crippen LogP contribution in [0.1, 0.15) is 45.0 Å². The van der Waals surface area contributed by atoms with E-state index < -0.39 is 11.0 Å². The minimum Gasteiger partial charge on any atom is -0.339 e. The Balaban J connectivity index is 2.19. The maximum Gasteiger partial charge on any atom is 0.234 e. The first kappa shape index (κ1) is 14.7. The van der Waals surface area contributed by atoms with Crippen LogP contribution in [0, 0.1) is 5.82 Å². The minimum absolute atomic E-state index is 0.256. The van der Waals surface area contributed by atoms with Gasteiger partial charge in [-0.15, -0.1) is 0 Å². The number of halogens is 1. The van der Waals surface area contributed by atoms with Crippen LogP contribution in [-0.4, -0.2) is 15.7 Å². The van der Waals surface area contributed by atoms with Crippen LogP contribution in [0.2, 0.25) is 0 Å². The van der Waals surface area contributed by atoms with Crippen molar-refractivity contribution in [3.8, 4) is 0 Å². The zero-order chi connectivity index (χ0) is 15.0. The topological polar surface area (TPSA) is 64.9 Å². The zero-order valence-corrected chi connectivity index (χ0v) is 12.3. The van der Waals surface area contributed by atoms with Gasteiger partial charge in [-0.05, 0) is 45.4 Å². The Hall–Kier alpha value is -1.75. The molecule has 1 aromatic heterocycles. The van der Waals surface area contributed by atoms with Gasteiger partial charge in [0.25, 0.3) is 0 Å². The van der Waals surface area contributed by atoms with Gasteiger partial charge in [0, 0.05) is 12.0 Å². The van der Waals surface area contributed by atoms with Gasteiger partial charge < -0.3 is 10.3 Å². The predicted octanol–water partition coefficient (Wildman–Crippen LogP) is 2.81. The number of hydrogen-bond donors (Lipinski definition) is 1. The summed E-state index contributed by atoms with van der Waals surface area (Å²) in [5.41, 5.74) is 6.18. The summed E-state index contributed by atoms with van der Waals surface area (Å²) in [6, 6.07) is 6.26. The van der Waals surface area contributed by atoms with Crippen molar-refractivity contribution in [2.75, 3.05) is 0 Å². The molecule has 108 valence electrons. The molecule has 2 rings (SSSR count). The molecular weight excluding hydrogens is 257 g/mol. The molecule has 0 amide bonds. The number of aromatic nitrogens is 2. The van der Waals surface area contributed by atoms with Gasteiger partial charge in [-0.1, -0.05) is 17.3 Å². The molecule has 0 saturated carbocycles. The van der Waals surface area contributed by atoms with Crippen molar-refractivity contribution in [3.05, 3.63) is 47.4 Å². The highest BCUT2D eigenvalue weighted by Gasteiger charge is 2.40. The Kier molecular flexibility index (Phi) is 3.65. The SMILES string of the molecule is CC(C)(N)C(C)(C)c1nc(Cc2ccc(F)cc2)no1. The minimum atomic E-state index is -0.479. The van der Waals surface area contributed by atoms with Gasteiger partial charge in [0.05, 0.1) is 5.41 Å². The smallest absolute Gasteiger partial charge is 0.234 e. The van der Waals surface area contributed by atoms with E-state index in [0.29, 0.717) is 18.1 Å². The first-order chi connectivity index (χ1) is 9.20. The van der Waals surface area contributed by atoms with Crippen LogP contribution >= 0.6 is 0 Å². The zero-order valence-electron chi connectivity index (χ0n) is 12.3. The van der Waals surface area contributed by atoms with Gasteiger partial charge in [-0.3, -0.25) is 0 Å². The van der Waals surface area contributed by atoms with E-state index in [2.05, 4.69) is 10.1 Å². The Morgan fingerprint density at radius 2 is 1.75 bits per heavy atom. The molecule has 20 heavy (non-hydrogen) atoms. The molecule has 0 fully saturated rings. The lowest BCUT2D eigenvalue weighted by atomic mass is 9.75. The summed E-state index contributed by atoms with van der Waals surface area (Å²) in [6.07, 6.45) is 0.505. The lowest BCUT2D eigenvalue weighted by Crippen LogP contribution is -2.50. The van der Waals surface area contributed by atoms with Crippen molar-refractivity contribution in [2.24, 2.45) is 5.73 Å². The first-order valence-corrected chi connectivity index (χ1v) is 6.56. The Morgan fingerprint density at radius 3 is 2.30 bits per heavy atom. The highest BCUT2D eigenvalue weighted by Crippen LogP contribution is 2.31. The molecule has 5 heteroatoms. The first-order valence-electron chi connectivity index (χ1n) is 6.56. The third-order valence-corrected chi connectivity index (χ3v) is 3.89. The second-order valence-electron chi connectivity index (χ2n) is 6.17. The normalized spacial score (nSPS) is 12.7. The molecule has 0 atom stereocenters. The second kappa shape index (κ2) is 4.98. The van der Waals surface area contributed by atoms with Crippen molar-refractivity contribution in [1.82, 2.24) is 10.1 Å². The van der Waals surface area contributed by atoms with Crippen LogP contribution in [0.3, 0.4) is 0 Å². The molecule has 0 aliphatic heterocycles. The summed E-state index contributed by atoms with van der Waals surface area (Å²) < 4.78 is 18.2. The van der Waals surface area contributed by atoms with Gasteiger partial charge in [-0.2, -0.15) is 4.98 Å². The molecule has 0 saturated heterocycles. The molecule has 0 aliphatic rings. The molecule has 1 aromatic carbocycles. The third kappa shape index (κ3) is 2.88. The maximum absolute atomic E-state index is 12.9. The molecule has 2 aromatic rings. The van der Waals surface area contributed by atoms with E-state index in [1.807, 2.05) is 27.7 Å². The van der Waals surface area contributed by atoms with Gasteiger partial charge >= 0.3 is 0 Å². The lowest BCUT2D eigenvalue weighted by Gasteiger charge is -2.34. The number of benzene rings is 1. The summed E-state index contributed by atoms with van der Waals surface area (Å²) in [7, 11) is 0. The predicted molar refractivity (Wildman–Crippen MR) is 74.8 cm³/mol. The lowest BCUT2D eigenvalue weighted by molar-refractivity contribution is 0.222. The molecule has 0 bridgehead atoms. The highest BCUT2D eigenvalue weighted by atomic mass is 19.1. The van der Waals surface area contributed by atoms with Gasteiger partial charge in [-0.25, -0.2) is 4.39 Å². The molecule has 4 nitrogen and oxygen atoms in total. The average Bonchev–Trinajstić information content (AvgIpc) is 2.80. The summed E-state index contributed by atoms with van der Waals surface area (Å²) in [4.78, 5) is 4.41. The Bertz CT molecular complexity index is 582. The van der Waals surface area contributed by atoms with E-state index in [-0.39, 0.29) is 5.82 Å². The van der Waals surface area contributed by atoms with Crippen LogP contribution in [0.15, 0.2) is 28.8 Å². The summed E-state index contributed by atoms with van der Waals surface area (Å²) in [6.45, 7) is 7.80. The van der Waals surface area contributed by atoms with E-state index in [9.17, 15) is 4.39 Å². The Labute approximate surface area is 118 Å². The third-order valence-electron chi connectivity index (χ3n) is 3.89. The van der Waals surface area contributed by atoms with Crippen molar-refractivity contribution in [2.45, 2.75) is 45.1 Å². The fraction of sp³-hybridized carbons (Fsp3) is 0.467. The quantitative estimate of drug-likeness (QED) is 0.933. The van der Waals surface area contributed by atoms with Gasteiger partial charge in [0.1, 0.15) is 5.82 Å². The molecule has 0 radical (unpaired) electrons. The monoisotopic (exact) mass is 277 g/mol. The van der Waals surface area contributed by atoms with Crippen LogP contribution in [-0.2, 0) is 11.8 Å². The van der Waals surface area contributed by atoms with E-state index in [4.69, 9.17) is 10.3 Å².